The van der Waals surface area contributed by atoms with Crippen LogP contribution in [0.3, 0.4) is 0 Å². The molecule has 0 bridgehead atoms. The van der Waals surface area contributed by atoms with Gasteiger partial charge in [-0.3, -0.25) is 14.8 Å². The van der Waals surface area contributed by atoms with E-state index < -0.39 is 6.17 Å². The number of anilines is 1. The van der Waals surface area contributed by atoms with Gasteiger partial charge in [0.2, 0.25) is 0 Å². The molecule has 2 aliphatic rings. The number of fused-ring (bicyclic) bond motifs is 1. The van der Waals surface area contributed by atoms with Gasteiger partial charge in [-0.1, -0.05) is 6.07 Å². The molecule has 0 spiro atoms. The van der Waals surface area contributed by atoms with Crippen molar-refractivity contribution in [3.8, 4) is 34.3 Å². The Balaban J connectivity index is 1.35. The van der Waals surface area contributed by atoms with E-state index in [1.54, 1.807) is 31.6 Å². The maximum absolute atomic E-state index is 13.8. The van der Waals surface area contributed by atoms with Crippen LogP contribution in [0.25, 0.3) is 33.6 Å². The number of amides is 1. The van der Waals surface area contributed by atoms with E-state index in [4.69, 9.17) is 9.15 Å². The summed E-state index contributed by atoms with van der Waals surface area (Å²) in [6.07, 6.45) is 6.04. The van der Waals surface area contributed by atoms with Gasteiger partial charge >= 0.3 is 0 Å². The van der Waals surface area contributed by atoms with Crippen LogP contribution in [0, 0.1) is 11.3 Å². The zero-order valence-corrected chi connectivity index (χ0v) is 21.7. The Kier molecular flexibility index (Phi) is 6.61. The van der Waals surface area contributed by atoms with Crippen molar-refractivity contribution in [3.05, 3.63) is 60.0 Å². The molecular weight excluding hydrogens is 497 g/mol. The topological polar surface area (TPSA) is 95.5 Å². The number of nitriles is 1. The molecule has 0 saturated carbocycles. The molecule has 1 amide bonds. The van der Waals surface area contributed by atoms with E-state index in [9.17, 15) is 14.4 Å². The minimum atomic E-state index is -0.874. The summed E-state index contributed by atoms with van der Waals surface area (Å²) < 4.78 is 25.7. The van der Waals surface area contributed by atoms with Crippen molar-refractivity contribution in [1.82, 2.24) is 14.9 Å². The van der Waals surface area contributed by atoms with Gasteiger partial charge in [0.1, 0.15) is 35.0 Å². The monoisotopic (exact) mass is 525 g/mol. The fourth-order valence-corrected chi connectivity index (χ4v) is 5.47. The lowest BCUT2D eigenvalue weighted by Crippen LogP contribution is -2.36. The van der Waals surface area contributed by atoms with Crippen molar-refractivity contribution < 1.29 is 18.3 Å². The summed E-state index contributed by atoms with van der Waals surface area (Å²) >= 11 is 0. The fraction of sp³-hybridized carbons (Fsp3) is 0.333. The first-order chi connectivity index (χ1) is 19.1. The van der Waals surface area contributed by atoms with Gasteiger partial charge < -0.3 is 19.0 Å². The number of alkyl halides is 1. The number of hydrogen-bond donors (Lipinski definition) is 0. The lowest BCUT2D eigenvalue weighted by Gasteiger charge is -2.26. The van der Waals surface area contributed by atoms with Crippen LogP contribution < -0.4 is 9.64 Å². The van der Waals surface area contributed by atoms with E-state index in [1.165, 1.54) is 0 Å². The molecule has 0 aliphatic carbocycles. The van der Waals surface area contributed by atoms with E-state index in [1.807, 2.05) is 34.1 Å². The van der Waals surface area contributed by atoms with Crippen LogP contribution in [-0.2, 0) is 0 Å². The predicted molar refractivity (Wildman–Crippen MR) is 145 cm³/mol. The Morgan fingerprint density at radius 2 is 1.95 bits per heavy atom. The maximum Gasteiger partial charge on any atom is 0.272 e. The SMILES string of the molecule is COc1cc(C(=O)N2CCCCC2)ncc1-c1cc2nccc(-c3ccc(N4CCC(F)C4)c(C#N)c3)c2o1. The Labute approximate surface area is 225 Å². The second kappa shape index (κ2) is 10.4. The molecule has 3 aromatic heterocycles. The quantitative estimate of drug-likeness (QED) is 0.334. The average Bonchev–Trinajstić information content (AvgIpc) is 3.62. The van der Waals surface area contributed by atoms with Crippen molar-refractivity contribution >= 4 is 22.7 Å². The van der Waals surface area contributed by atoms with Crippen LogP contribution in [0.2, 0.25) is 0 Å². The molecule has 2 saturated heterocycles. The fourth-order valence-electron chi connectivity index (χ4n) is 5.47. The molecule has 9 heteroatoms. The number of methoxy groups -OCH3 is 1. The number of pyridine rings is 2. The lowest BCUT2D eigenvalue weighted by atomic mass is 10.0. The third kappa shape index (κ3) is 4.67. The Bertz CT molecular complexity index is 1590. The molecule has 0 radical (unpaired) electrons. The number of piperidine rings is 1. The number of rotatable bonds is 5. The summed E-state index contributed by atoms with van der Waals surface area (Å²) in [7, 11) is 1.55. The van der Waals surface area contributed by atoms with Crippen LogP contribution in [0.1, 0.15) is 41.7 Å². The highest BCUT2D eigenvalue weighted by atomic mass is 19.1. The van der Waals surface area contributed by atoms with Crippen molar-refractivity contribution in [3.63, 3.8) is 0 Å². The number of hydrogen-bond acceptors (Lipinski definition) is 7. The number of furan rings is 1. The molecule has 6 rings (SSSR count). The third-order valence-corrected chi connectivity index (χ3v) is 7.53. The highest BCUT2D eigenvalue weighted by molar-refractivity contribution is 5.95. The molecule has 1 aromatic carbocycles. The summed E-state index contributed by atoms with van der Waals surface area (Å²) in [4.78, 5) is 25.6. The van der Waals surface area contributed by atoms with E-state index in [2.05, 4.69) is 16.0 Å². The van der Waals surface area contributed by atoms with Crippen molar-refractivity contribution in [1.29, 1.82) is 5.26 Å². The van der Waals surface area contributed by atoms with Gasteiger partial charge in [0, 0.05) is 56.3 Å². The van der Waals surface area contributed by atoms with Crippen LogP contribution in [0.15, 0.2) is 53.2 Å². The molecule has 8 nitrogen and oxygen atoms in total. The van der Waals surface area contributed by atoms with Crippen LogP contribution in [-0.4, -0.2) is 60.2 Å². The Morgan fingerprint density at radius 1 is 1.10 bits per heavy atom. The van der Waals surface area contributed by atoms with Gasteiger partial charge in [0.15, 0.2) is 5.58 Å². The molecule has 198 valence electrons. The zero-order valence-electron chi connectivity index (χ0n) is 21.7. The largest absolute Gasteiger partial charge is 0.496 e. The summed E-state index contributed by atoms with van der Waals surface area (Å²) in [5.74, 6) is 0.897. The van der Waals surface area contributed by atoms with Crippen LogP contribution >= 0.6 is 0 Å². The van der Waals surface area contributed by atoms with E-state index in [-0.39, 0.29) is 5.91 Å². The summed E-state index contributed by atoms with van der Waals surface area (Å²) in [5, 5.41) is 9.83. The van der Waals surface area contributed by atoms with Crippen LogP contribution in [0.4, 0.5) is 10.1 Å². The smallest absolute Gasteiger partial charge is 0.272 e. The molecule has 1 unspecified atom stereocenters. The molecule has 2 fully saturated rings. The van der Waals surface area contributed by atoms with Crippen molar-refractivity contribution in [2.45, 2.75) is 31.9 Å². The summed E-state index contributed by atoms with van der Waals surface area (Å²) in [5.41, 5.74) is 4.95. The number of likely N-dealkylation sites (tertiary alicyclic amines) is 1. The first-order valence-electron chi connectivity index (χ1n) is 13.2. The highest BCUT2D eigenvalue weighted by Crippen LogP contribution is 2.38. The second-order valence-corrected chi connectivity index (χ2v) is 9.98. The summed E-state index contributed by atoms with van der Waals surface area (Å²) in [6, 6.07) is 13.2. The predicted octanol–water partition coefficient (Wildman–Crippen LogP) is 5.61. The minimum absolute atomic E-state index is 0.0965. The average molecular weight is 526 g/mol. The third-order valence-electron chi connectivity index (χ3n) is 7.53. The number of carbonyl (C=O) groups excluding carboxylic acids is 1. The summed E-state index contributed by atoms with van der Waals surface area (Å²) in [6.45, 7) is 2.37. The number of carbonyl (C=O) groups is 1. The number of benzene rings is 1. The number of halogens is 1. The zero-order chi connectivity index (χ0) is 26.9. The van der Waals surface area contributed by atoms with E-state index in [0.717, 1.165) is 49.2 Å². The Morgan fingerprint density at radius 3 is 2.69 bits per heavy atom. The van der Waals surface area contributed by atoms with Gasteiger partial charge in [-0.2, -0.15) is 5.26 Å². The highest BCUT2D eigenvalue weighted by Gasteiger charge is 2.25. The normalized spacial score (nSPS) is 17.4. The number of aromatic nitrogens is 2. The van der Waals surface area contributed by atoms with Crippen molar-refractivity contribution in [2.24, 2.45) is 0 Å². The molecule has 2 aliphatic heterocycles. The van der Waals surface area contributed by atoms with Crippen molar-refractivity contribution in [2.75, 3.05) is 38.2 Å². The first kappa shape index (κ1) is 24.9. The van der Waals surface area contributed by atoms with Gasteiger partial charge in [0.05, 0.1) is 23.9 Å². The van der Waals surface area contributed by atoms with Gasteiger partial charge in [-0.15, -0.1) is 0 Å². The number of nitrogens with zero attached hydrogens (tertiary/aromatic N) is 5. The molecule has 5 heterocycles. The molecule has 4 aromatic rings. The second-order valence-electron chi connectivity index (χ2n) is 9.98. The van der Waals surface area contributed by atoms with Gasteiger partial charge in [-0.05, 0) is 49.4 Å². The van der Waals surface area contributed by atoms with Crippen LogP contribution in [0.5, 0.6) is 5.75 Å². The Hall–Kier alpha value is -4.45. The molecular formula is C30H28FN5O3. The first-order valence-corrected chi connectivity index (χ1v) is 13.2. The maximum atomic E-state index is 13.8. The number of ether oxygens (including phenoxy) is 1. The van der Waals surface area contributed by atoms with E-state index in [0.29, 0.717) is 58.9 Å². The minimum Gasteiger partial charge on any atom is -0.496 e. The van der Waals surface area contributed by atoms with Gasteiger partial charge in [0.25, 0.3) is 5.91 Å². The standard InChI is InChI=1S/C30H28FN5O3/c1-38-27-15-25(30(37)35-10-3-2-4-11-35)34-17-23(27)28-14-24-29(39-28)22(7-9-33-24)19-5-6-26(20(13-19)16-32)36-12-8-21(31)18-36/h5-7,9,13-15,17,21H,2-4,8,10-12,18H2,1H3. The molecule has 1 atom stereocenters. The molecule has 0 N–H and O–H groups in total. The van der Waals surface area contributed by atoms with Gasteiger partial charge in [-0.25, -0.2) is 4.39 Å². The molecule has 39 heavy (non-hydrogen) atoms. The van der Waals surface area contributed by atoms with E-state index >= 15 is 0 Å². The lowest BCUT2D eigenvalue weighted by molar-refractivity contribution is 0.0718.